The van der Waals surface area contributed by atoms with Crippen LogP contribution in [-0.2, 0) is 6.54 Å². The van der Waals surface area contributed by atoms with Crippen LogP contribution in [0.25, 0.3) is 0 Å². The Bertz CT molecular complexity index is 420. The van der Waals surface area contributed by atoms with Gasteiger partial charge in [-0.25, -0.2) is 8.78 Å². The minimum atomic E-state index is -0.564. The number of aliphatic hydroxyl groups excluding tert-OH is 1. The van der Waals surface area contributed by atoms with Crippen molar-refractivity contribution in [3.8, 4) is 0 Å². The summed E-state index contributed by atoms with van der Waals surface area (Å²) < 4.78 is 26.1. The predicted molar refractivity (Wildman–Crippen MR) is 61.4 cm³/mol. The maximum atomic E-state index is 13.4. The van der Waals surface area contributed by atoms with Gasteiger partial charge in [0, 0.05) is 29.6 Å². The molecule has 1 saturated carbocycles. The molecular weight excluding hydrogens is 224 g/mol. The number of rotatable bonds is 3. The van der Waals surface area contributed by atoms with E-state index in [-0.39, 0.29) is 17.6 Å². The van der Waals surface area contributed by atoms with Crippen molar-refractivity contribution in [2.45, 2.75) is 39.0 Å². The lowest BCUT2D eigenvalue weighted by atomic mass is 9.64. The van der Waals surface area contributed by atoms with Gasteiger partial charge in [0.05, 0.1) is 6.10 Å². The fraction of sp³-hybridized carbons (Fsp3) is 0.538. The highest BCUT2D eigenvalue weighted by atomic mass is 19.1. The van der Waals surface area contributed by atoms with Gasteiger partial charge in [0.25, 0.3) is 0 Å². The second kappa shape index (κ2) is 4.35. The fourth-order valence-electron chi connectivity index (χ4n) is 2.15. The van der Waals surface area contributed by atoms with E-state index in [1.165, 1.54) is 12.1 Å². The summed E-state index contributed by atoms with van der Waals surface area (Å²) in [7, 11) is 0. The molecule has 0 aromatic heterocycles. The highest BCUT2D eigenvalue weighted by molar-refractivity contribution is 5.18. The van der Waals surface area contributed by atoms with Crippen LogP contribution in [0.5, 0.6) is 0 Å². The summed E-state index contributed by atoms with van der Waals surface area (Å²) >= 11 is 0. The van der Waals surface area contributed by atoms with Gasteiger partial charge in [0.1, 0.15) is 11.6 Å². The molecule has 2 atom stereocenters. The van der Waals surface area contributed by atoms with E-state index in [9.17, 15) is 13.9 Å². The average Bonchev–Trinajstić information content (AvgIpc) is 2.26. The lowest BCUT2D eigenvalue weighted by Crippen LogP contribution is -2.59. The van der Waals surface area contributed by atoms with Crippen molar-refractivity contribution >= 4 is 0 Å². The quantitative estimate of drug-likeness (QED) is 0.850. The first kappa shape index (κ1) is 12.5. The van der Waals surface area contributed by atoms with Gasteiger partial charge in [0.15, 0.2) is 0 Å². The number of hydrogen-bond acceptors (Lipinski definition) is 2. The van der Waals surface area contributed by atoms with Crippen LogP contribution in [0.2, 0.25) is 0 Å². The molecule has 1 aliphatic carbocycles. The maximum Gasteiger partial charge on any atom is 0.130 e. The van der Waals surface area contributed by atoms with Gasteiger partial charge in [-0.05, 0) is 12.5 Å². The normalized spacial score (nSPS) is 26.6. The first-order valence-electron chi connectivity index (χ1n) is 5.76. The third kappa shape index (κ3) is 2.33. The molecular formula is C13H17F2NO. The summed E-state index contributed by atoms with van der Waals surface area (Å²) in [5.41, 5.74) is 0.264. The molecule has 0 saturated heterocycles. The van der Waals surface area contributed by atoms with Crippen LogP contribution in [-0.4, -0.2) is 17.3 Å². The molecule has 1 aromatic carbocycles. The van der Waals surface area contributed by atoms with Gasteiger partial charge in [-0.2, -0.15) is 0 Å². The Kier molecular flexibility index (Phi) is 3.19. The van der Waals surface area contributed by atoms with Crippen LogP contribution in [0.3, 0.4) is 0 Å². The van der Waals surface area contributed by atoms with Crippen LogP contribution < -0.4 is 5.32 Å². The predicted octanol–water partition coefficient (Wildman–Crippen LogP) is 2.21. The van der Waals surface area contributed by atoms with Gasteiger partial charge in [-0.3, -0.25) is 0 Å². The molecule has 1 fully saturated rings. The highest BCUT2D eigenvalue weighted by Gasteiger charge is 2.46. The molecule has 0 spiro atoms. The minimum Gasteiger partial charge on any atom is -0.392 e. The summed E-state index contributed by atoms with van der Waals surface area (Å²) in [5, 5.41) is 12.8. The number of benzene rings is 1. The molecule has 0 bridgehead atoms. The van der Waals surface area contributed by atoms with E-state index < -0.39 is 11.6 Å². The van der Waals surface area contributed by atoms with Crippen molar-refractivity contribution in [2.24, 2.45) is 5.41 Å². The van der Waals surface area contributed by atoms with Crippen LogP contribution >= 0.6 is 0 Å². The molecule has 4 heteroatoms. The molecule has 2 rings (SSSR count). The second-order valence-corrected chi connectivity index (χ2v) is 5.24. The molecule has 2 N–H and O–H groups in total. The zero-order chi connectivity index (χ0) is 12.6. The number of aliphatic hydroxyl groups is 1. The molecule has 0 heterocycles. The first-order valence-corrected chi connectivity index (χ1v) is 5.76. The SMILES string of the molecule is CC1(C)C(O)CC1NCc1ccc(F)cc1F. The summed E-state index contributed by atoms with van der Waals surface area (Å²) in [6.45, 7) is 4.30. The van der Waals surface area contributed by atoms with E-state index in [1.807, 2.05) is 13.8 Å². The molecule has 0 radical (unpaired) electrons. The van der Waals surface area contributed by atoms with Crippen molar-refractivity contribution in [3.05, 3.63) is 35.4 Å². The lowest BCUT2D eigenvalue weighted by molar-refractivity contribution is -0.0730. The van der Waals surface area contributed by atoms with Crippen molar-refractivity contribution in [3.63, 3.8) is 0 Å². The lowest BCUT2D eigenvalue weighted by Gasteiger charge is -2.49. The Hall–Kier alpha value is -1.00. The van der Waals surface area contributed by atoms with E-state index in [1.54, 1.807) is 0 Å². The van der Waals surface area contributed by atoms with Crippen molar-refractivity contribution in [1.82, 2.24) is 5.32 Å². The van der Waals surface area contributed by atoms with E-state index in [2.05, 4.69) is 5.32 Å². The maximum absolute atomic E-state index is 13.4. The van der Waals surface area contributed by atoms with Crippen molar-refractivity contribution < 1.29 is 13.9 Å². The Morgan fingerprint density at radius 2 is 2.12 bits per heavy atom. The number of nitrogens with one attached hydrogen (secondary N) is 1. The molecule has 94 valence electrons. The molecule has 1 aromatic rings. The topological polar surface area (TPSA) is 32.3 Å². The molecule has 0 aliphatic heterocycles. The highest BCUT2D eigenvalue weighted by Crippen LogP contribution is 2.40. The number of hydrogen-bond donors (Lipinski definition) is 2. The summed E-state index contributed by atoms with van der Waals surface area (Å²) in [4.78, 5) is 0. The van der Waals surface area contributed by atoms with Gasteiger partial charge < -0.3 is 10.4 Å². The second-order valence-electron chi connectivity index (χ2n) is 5.24. The Labute approximate surface area is 99.7 Å². The van der Waals surface area contributed by atoms with Crippen molar-refractivity contribution in [2.75, 3.05) is 0 Å². The van der Waals surface area contributed by atoms with E-state index in [4.69, 9.17) is 0 Å². The van der Waals surface area contributed by atoms with Crippen LogP contribution in [0, 0.1) is 17.0 Å². The number of halogens is 2. The van der Waals surface area contributed by atoms with Gasteiger partial charge in [-0.1, -0.05) is 19.9 Å². The first-order chi connectivity index (χ1) is 7.91. The monoisotopic (exact) mass is 241 g/mol. The summed E-state index contributed by atoms with van der Waals surface area (Å²) in [5.74, 6) is -1.10. The zero-order valence-electron chi connectivity index (χ0n) is 10.0. The van der Waals surface area contributed by atoms with Crippen molar-refractivity contribution in [1.29, 1.82) is 0 Å². The van der Waals surface area contributed by atoms with E-state index in [0.717, 1.165) is 6.07 Å². The minimum absolute atomic E-state index is 0.168. The largest absolute Gasteiger partial charge is 0.392 e. The Balaban J connectivity index is 1.95. The molecule has 2 unspecified atom stereocenters. The Morgan fingerprint density at radius 3 is 2.65 bits per heavy atom. The average molecular weight is 241 g/mol. The molecule has 17 heavy (non-hydrogen) atoms. The smallest absolute Gasteiger partial charge is 0.130 e. The summed E-state index contributed by atoms with van der Waals surface area (Å²) in [6.07, 6.45) is 0.369. The van der Waals surface area contributed by atoms with Gasteiger partial charge in [-0.15, -0.1) is 0 Å². The van der Waals surface area contributed by atoms with E-state index in [0.29, 0.717) is 18.5 Å². The Morgan fingerprint density at radius 1 is 1.41 bits per heavy atom. The fourth-order valence-corrected chi connectivity index (χ4v) is 2.15. The van der Waals surface area contributed by atoms with Gasteiger partial charge >= 0.3 is 0 Å². The standard InChI is InChI=1S/C13H17F2NO/c1-13(2)11(6-12(13)17)16-7-8-3-4-9(14)5-10(8)15/h3-5,11-12,16-17H,6-7H2,1-2H3. The molecule has 0 amide bonds. The zero-order valence-corrected chi connectivity index (χ0v) is 10.0. The third-order valence-electron chi connectivity index (χ3n) is 3.77. The summed E-state index contributed by atoms with van der Waals surface area (Å²) in [6, 6.07) is 3.75. The van der Waals surface area contributed by atoms with Gasteiger partial charge in [0.2, 0.25) is 0 Å². The molecule has 2 nitrogen and oxygen atoms in total. The van der Waals surface area contributed by atoms with Crippen LogP contribution in [0.15, 0.2) is 18.2 Å². The van der Waals surface area contributed by atoms with Crippen LogP contribution in [0.4, 0.5) is 8.78 Å². The molecule has 1 aliphatic rings. The van der Waals surface area contributed by atoms with Crippen LogP contribution in [0.1, 0.15) is 25.8 Å². The van der Waals surface area contributed by atoms with E-state index >= 15 is 0 Å². The third-order valence-corrected chi connectivity index (χ3v) is 3.77.